The Bertz CT molecular complexity index is 595. The maximum atomic E-state index is 13.4. The van der Waals surface area contributed by atoms with Crippen LogP contribution in [-0.4, -0.2) is 41.1 Å². The molecule has 0 spiro atoms. The number of carbonyl (C=O) groups is 2. The zero-order chi connectivity index (χ0) is 33.1. The summed E-state index contributed by atoms with van der Waals surface area (Å²) in [6.07, 6.45) is 40.8. The number of rotatable bonds is 36. The van der Waals surface area contributed by atoms with Gasteiger partial charge in [0.1, 0.15) is 0 Å². The Labute approximate surface area is 295 Å². The first-order chi connectivity index (χ1) is 22.1. The number of carbonyl (C=O) groups excluding carboxylic acids is 2. The van der Waals surface area contributed by atoms with E-state index in [2.05, 4.69) is 13.8 Å². The summed E-state index contributed by atoms with van der Waals surface area (Å²) in [5.74, 6) is 0.179. The lowest BCUT2D eigenvalue weighted by Gasteiger charge is -2.32. The van der Waals surface area contributed by atoms with E-state index in [1.165, 1.54) is 167 Å². The fraction of sp³-hybridized carbons (Fsp3) is 0.951. The topological polar surface area (TPSA) is 54.4 Å². The van der Waals surface area contributed by atoms with Crippen LogP contribution in [0.5, 0.6) is 0 Å². The van der Waals surface area contributed by atoms with Gasteiger partial charge in [-0.2, -0.15) is 4.48 Å². The third-order valence-corrected chi connectivity index (χ3v) is 10.2. The van der Waals surface area contributed by atoms with Crippen LogP contribution in [0.15, 0.2) is 0 Å². The highest BCUT2D eigenvalue weighted by molar-refractivity contribution is 5.84. The molecule has 0 aromatic carbocycles. The fourth-order valence-corrected chi connectivity index (χ4v) is 6.96. The summed E-state index contributed by atoms with van der Waals surface area (Å²) in [7, 11) is 0. The minimum Gasteiger partial charge on any atom is -1.00 e. The van der Waals surface area contributed by atoms with Crippen LogP contribution in [0.25, 0.3) is 0 Å². The van der Waals surface area contributed by atoms with E-state index in [1.54, 1.807) is 0 Å². The lowest BCUT2D eigenvalue weighted by Crippen LogP contribution is -3.00. The van der Waals surface area contributed by atoms with Crippen molar-refractivity contribution >= 4 is 11.8 Å². The van der Waals surface area contributed by atoms with E-state index in [1.807, 2.05) is 6.92 Å². The van der Waals surface area contributed by atoms with Crippen molar-refractivity contribution in [2.75, 3.05) is 19.7 Å². The Morgan fingerprint density at radius 3 is 0.848 bits per heavy atom. The summed E-state index contributed by atoms with van der Waals surface area (Å²) in [6, 6.07) is 0. The van der Waals surface area contributed by atoms with E-state index in [-0.39, 0.29) is 35.3 Å². The molecule has 5 heteroatoms. The van der Waals surface area contributed by atoms with Crippen molar-refractivity contribution in [1.29, 1.82) is 0 Å². The summed E-state index contributed by atoms with van der Waals surface area (Å²) >= 11 is 0. The Balaban J connectivity index is 0. The molecule has 0 aromatic heterocycles. The molecule has 0 aliphatic carbocycles. The van der Waals surface area contributed by atoms with Crippen molar-refractivity contribution in [2.24, 2.45) is 0 Å². The van der Waals surface area contributed by atoms with Gasteiger partial charge < -0.3 is 17.5 Å². The van der Waals surface area contributed by atoms with E-state index in [9.17, 15) is 14.7 Å². The van der Waals surface area contributed by atoms with Gasteiger partial charge in [-0.3, -0.25) is 0 Å². The molecule has 0 atom stereocenters. The number of aliphatic hydroxyl groups excluding tert-OH is 1. The number of quaternary nitrogens is 1. The van der Waals surface area contributed by atoms with Gasteiger partial charge in [0.05, 0.1) is 25.9 Å². The molecule has 0 unspecified atom stereocenters. The van der Waals surface area contributed by atoms with Crippen molar-refractivity contribution in [2.45, 2.75) is 233 Å². The molecule has 0 saturated carbocycles. The fourth-order valence-electron chi connectivity index (χ4n) is 6.96. The van der Waals surface area contributed by atoms with Crippen LogP contribution in [0, 0.1) is 0 Å². The van der Waals surface area contributed by atoms with Crippen LogP contribution in [0.2, 0.25) is 0 Å². The Hall–Kier alpha value is -0.450. The van der Waals surface area contributed by atoms with E-state index >= 15 is 0 Å². The van der Waals surface area contributed by atoms with Gasteiger partial charge >= 0.3 is 11.8 Å². The number of hydrogen-bond acceptors (Lipinski definition) is 3. The lowest BCUT2D eigenvalue weighted by atomic mass is 10.0. The first kappa shape index (κ1) is 47.7. The minimum absolute atomic E-state index is 0. The van der Waals surface area contributed by atoms with E-state index < -0.39 is 0 Å². The van der Waals surface area contributed by atoms with Crippen LogP contribution in [0.3, 0.4) is 0 Å². The highest BCUT2D eigenvalue weighted by Gasteiger charge is 2.41. The zero-order valence-electron chi connectivity index (χ0n) is 31.5. The van der Waals surface area contributed by atoms with Crippen molar-refractivity contribution in [3.63, 3.8) is 0 Å². The van der Waals surface area contributed by atoms with Crippen LogP contribution >= 0.6 is 0 Å². The summed E-state index contributed by atoms with van der Waals surface area (Å²) in [5, 5.41) is 9.49. The molecule has 276 valence electrons. The summed E-state index contributed by atoms with van der Waals surface area (Å²) in [4.78, 5) is 26.8. The second-order valence-electron chi connectivity index (χ2n) is 14.3. The Morgan fingerprint density at radius 1 is 0.391 bits per heavy atom. The molecule has 0 aromatic rings. The largest absolute Gasteiger partial charge is 1.00 e. The second kappa shape index (κ2) is 37.4. The van der Waals surface area contributed by atoms with Gasteiger partial charge in [-0.25, -0.2) is 9.59 Å². The predicted octanol–water partition coefficient (Wildman–Crippen LogP) is 9.79. The Kier molecular flexibility index (Phi) is 38.7. The number of unbranched alkanes of at least 4 members (excludes halogenated alkanes) is 28. The van der Waals surface area contributed by atoms with Gasteiger partial charge in [-0.1, -0.05) is 194 Å². The molecule has 0 heterocycles. The van der Waals surface area contributed by atoms with Crippen molar-refractivity contribution < 1.29 is 31.6 Å². The molecule has 0 saturated heterocycles. The quantitative estimate of drug-likeness (QED) is 0.0533. The molecule has 0 rings (SSSR count). The average molecular weight is 673 g/mol. The number of imide groups is 1. The van der Waals surface area contributed by atoms with E-state index in [0.717, 1.165) is 25.7 Å². The second-order valence-corrected chi connectivity index (χ2v) is 14.3. The number of hydrogen-bond donors (Lipinski definition) is 1. The summed E-state index contributed by atoms with van der Waals surface area (Å²) in [6.45, 7) is 7.56. The normalized spacial score (nSPS) is 11.6. The predicted molar refractivity (Wildman–Crippen MR) is 196 cm³/mol. The van der Waals surface area contributed by atoms with Crippen molar-refractivity contribution in [3.05, 3.63) is 0 Å². The highest BCUT2D eigenvalue weighted by Crippen LogP contribution is 2.21. The molecular formula is C41H82ClNO3. The molecule has 2 amide bonds. The molecule has 4 nitrogen and oxygen atoms in total. The minimum atomic E-state index is -0.0439. The standard InChI is InChI=1S/C41H82NO3.ClH/c1-4-7-9-11-13-15-17-19-21-23-25-27-29-31-33-36-40(44)42(6-3,38-35-39-43)41(45)37-34-32-30-28-26-24-22-20-18-16-14-12-10-8-5-2;/h43H,4-39H2,1-3H3;1H/q+1;/p-1. The molecular weight excluding hydrogens is 590 g/mol. The first-order valence-corrected chi connectivity index (χ1v) is 20.6. The maximum Gasteiger partial charge on any atom is 0.321 e. The number of nitrogens with zero attached hydrogens (tertiary/aromatic N) is 1. The third-order valence-electron chi connectivity index (χ3n) is 10.2. The molecule has 46 heavy (non-hydrogen) atoms. The van der Waals surface area contributed by atoms with E-state index in [0.29, 0.717) is 32.4 Å². The first-order valence-electron chi connectivity index (χ1n) is 20.6. The van der Waals surface area contributed by atoms with Gasteiger partial charge in [0.2, 0.25) is 0 Å². The summed E-state index contributed by atoms with van der Waals surface area (Å²) < 4.78 is -0.0439. The maximum absolute atomic E-state index is 13.4. The third kappa shape index (κ3) is 27.5. The van der Waals surface area contributed by atoms with Crippen LogP contribution in [-0.2, 0) is 9.59 Å². The van der Waals surface area contributed by atoms with Crippen LogP contribution < -0.4 is 12.4 Å². The van der Waals surface area contributed by atoms with E-state index in [4.69, 9.17) is 0 Å². The monoisotopic (exact) mass is 672 g/mol. The van der Waals surface area contributed by atoms with Gasteiger partial charge in [0.25, 0.3) is 0 Å². The zero-order valence-corrected chi connectivity index (χ0v) is 32.3. The van der Waals surface area contributed by atoms with Gasteiger partial charge in [0, 0.05) is 13.0 Å². The van der Waals surface area contributed by atoms with Gasteiger partial charge in [-0.15, -0.1) is 0 Å². The average Bonchev–Trinajstić information content (AvgIpc) is 3.05. The van der Waals surface area contributed by atoms with Gasteiger partial charge in [-0.05, 0) is 19.8 Å². The van der Waals surface area contributed by atoms with Crippen molar-refractivity contribution in [3.8, 4) is 0 Å². The summed E-state index contributed by atoms with van der Waals surface area (Å²) in [5.41, 5.74) is 0. The molecule has 0 fully saturated rings. The van der Waals surface area contributed by atoms with Crippen molar-refractivity contribution in [1.82, 2.24) is 0 Å². The molecule has 0 aliphatic heterocycles. The molecule has 0 bridgehead atoms. The Morgan fingerprint density at radius 2 is 0.630 bits per heavy atom. The molecule has 0 aliphatic rings. The number of amides is 2. The van der Waals surface area contributed by atoms with Crippen LogP contribution in [0.1, 0.15) is 233 Å². The highest BCUT2D eigenvalue weighted by atomic mass is 35.5. The molecule has 0 radical (unpaired) electrons. The SMILES string of the molecule is CCCCCCCCCCCCCCCCCC(=O)[N+](CC)(CCCO)C(=O)CCCCCCCCCCCCCCCCC.[Cl-]. The van der Waals surface area contributed by atoms with Crippen LogP contribution in [0.4, 0.5) is 0 Å². The molecule has 1 N–H and O–H groups in total. The van der Waals surface area contributed by atoms with Gasteiger partial charge in [0.15, 0.2) is 0 Å². The number of aliphatic hydroxyl groups is 1. The number of halogens is 1. The lowest BCUT2D eigenvalue weighted by molar-refractivity contribution is -0.778. The smallest absolute Gasteiger partial charge is 0.321 e.